The highest BCUT2D eigenvalue weighted by Gasteiger charge is 2.16. The minimum absolute atomic E-state index is 0.0550. The number of benzene rings is 1. The molecule has 2 aromatic heterocycles. The fraction of sp³-hybridized carbons (Fsp3) is 0.267. The molecule has 1 unspecified atom stereocenters. The normalized spacial score (nSPS) is 12.1. The molecule has 0 bridgehead atoms. The van der Waals surface area contributed by atoms with Crippen molar-refractivity contribution in [1.82, 2.24) is 29.7 Å². The van der Waals surface area contributed by atoms with Gasteiger partial charge in [-0.15, -0.1) is 5.10 Å². The maximum absolute atomic E-state index is 5.77. The number of nitrogens with two attached hydrogens (primary N) is 1. The van der Waals surface area contributed by atoms with Crippen LogP contribution < -0.4 is 10.6 Å². The molecule has 2 heterocycles. The van der Waals surface area contributed by atoms with Gasteiger partial charge in [0.25, 0.3) is 0 Å². The van der Waals surface area contributed by atoms with E-state index < -0.39 is 0 Å². The highest BCUT2D eigenvalue weighted by Crippen LogP contribution is 2.31. The van der Waals surface area contributed by atoms with Crippen molar-refractivity contribution in [1.29, 1.82) is 0 Å². The van der Waals surface area contributed by atoms with Crippen LogP contribution >= 0.6 is 11.8 Å². The van der Waals surface area contributed by atoms with Crippen molar-refractivity contribution in [2.24, 2.45) is 0 Å². The van der Waals surface area contributed by atoms with Crippen LogP contribution in [0.15, 0.2) is 41.8 Å². The Morgan fingerprint density at radius 3 is 2.58 bits per heavy atom. The maximum atomic E-state index is 5.77. The molecular formula is C15H18N8S. The quantitative estimate of drug-likeness (QED) is 0.703. The zero-order valence-corrected chi connectivity index (χ0v) is 14.5. The average Bonchev–Trinajstić information content (AvgIpc) is 3.03. The lowest BCUT2D eigenvalue weighted by molar-refractivity contribution is 0.825. The average molecular weight is 342 g/mol. The van der Waals surface area contributed by atoms with E-state index in [1.54, 1.807) is 15.9 Å². The van der Waals surface area contributed by atoms with Gasteiger partial charge < -0.3 is 10.6 Å². The van der Waals surface area contributed by atoms with E-state index in [9.17, 15) is 0 Å². The fourth-order valence-corrected chi connectivity index (χ4v) is 2.77. The molecule has 1 atom stereocenters. The topological polar surface area (TPSA) is 98.6 Å². The Bertz CT molecular complexity index is 817. The van der Waals surface area contributed by atoms with Crippen LogP contribution in [0.2, 0.25) is 0 Å². The second kappa shape index (κ2) is 6.83. The summed E-state index contributed by atoms with van der Waals surface area (Å²) in [4.78, 5) is 18.9. The first-order chi connectivity index (χ1) is 11.5. The number of anilines is 2. The summed E-state index contributed by atoms with van der Waals surface area (Å²) in [5, 5.41) is 5.08. The molecule has 0 spiro atoms. The lowest BCUT2D eigenvalue weighted by Crippen LogP contribution is -2.16. The summed E-state index contributed by atoms with van der Waals surface area (Å²) in [6.45, 7) is 1.99. The molecule has 0 saturated carbocycles. The minimum Gasteiger partial charge on any atom is -0.368 e. The zero-order valence-electron chi connectivity index (χ0n) is 13.7. The number of aromatic nitrogens is 6. The number of rotatable bonds is 5. The predicted octanol–water partition coefficient (Wildman–Crippen LogP) is 1.95. The lowest BCUT2D eigenvalue weighted by Gasteiger charge is -2.13. The van der Waals surface area contributed by atoms with Gasteiger partial charge in [-0.1, -0.05) is 30.0 Å². The molecule has 2 N–H and O–H groups in total. The molecule has 0 saturated heterocycles. The third-order valence-electron chi connectivity index (χ3n) is 3.20. The van der Waals surface area contributed by atoms with E-state index >= 15 is 0 Å². The molecular weight excluding hydrogens is 324 g/mol. The second-order valence-electron chi connectivity index (χ2n) is 5.31. The molecule has 0 radical (unpaired) electrons. The molecule has 3 rings (SSSR count). The largest absolute Gasteiger partial charge is 0.368 e. The van der Waals surface area contributed by atoms with E-state index in [1.807, 2.05) is 51.4 Å². The van der Waals surface area contributed by atoms with Crippen molar-refractivity contribution in [2.75, 3.05) is 24.7 Å². The van der Waals surface area contributed by atoms with E-state index in [0.29, 0.717) is 16.9 Å². The maximum Gasteiger partial charge on any atom is 0.229 e. The van der Waals surface area contributed by atoms with Crippen LogP contribution in [0.1, 0.15) is 18.0 Å². The van der Waals surface area contributed by atoms with Gasteiger partial charge in [0.1, 0.15) is 12.2 Å². The first kappa shape index (κ1) is 16.2. The lowest BCUT2D eigenvalue weighted by atomic mass is 10.3. The van der Waals surface area contributed by atoms with Gasteiger partial charge in [-0.25, -0.2) is 9.67 Å². The van der Waals surface area contributed by atoms with E-state index in [4.69, 9.17) is 5.73 Å². The summed E-state index contributed by atoms with van der Waals surface area (Å²) in [6.07, 6.45) is 1.69. The highest BCUT2D eigenvalue weighted by molar-refractivity contribution is 7.99. The summed E-state index contributed by atoms with van der Waals surface area (Å²) >= 11 is 1.47. The van der Waals surface area contributed by atoms with Gasteiger partial charge in [0.05, 0.1) is 10.9 Å². The van der Waals surface area contributed by atoms with Crippen LogP contribution in [-0.2, 0) is 0 Å². The van der Waals surface area contributed by atoms with Crippen LogP contribution in [0.3, 0.4) is 0 Å². The molecule has 0 aliphatic heterocycles. The molecule has 8 nitrogen and oxygen atoms in total. The monoisotopic (exact) mass is 342 g/mol. The Morgan fingerprint density at radius 2 is 1.88 bits per heavy atom. The summed E-state index contributed by atoms with van der Waals surface area (Å²) in [7, 11) is 3.72. The van der Waals surface area contributed by atoms with Crippen molar-refractivity contribution in [3.63, 3.8) is 0 Å². The van der Waals surface area contributed by atoms with E-state index in [0.717, 1.165) is 5.69 Å². The van der Waals surface area contributed by atoms with Gasteiger partial charge in [0.15, 0.2) is 0 Å². The summed E-state index contributed by atoms with van der Waals surface area (Å²) < 4.78 is 1.74. The van der Waals surface area contributed by atoms with Gasteiger partial charge in [-0.3, -0.25) is 0 Å². The molecule has 0 amide bonds. The number of thioether (sulfide) groups is 1. The standard InChI is InChI=1S/C15H18N8S/c1-10(12-18-13(16)20-14(19-12)22(2)3)24-15-17-9-23(21-15)11-7-5-4-6-8-11/h4-10H,1-3H3,(H2,16,18,19,20). The Morgan fingerprint density at radius 1 is 1.12 bits per heavy atom. The van der Waals surface area contributed by atoms with Crippen molar-refractivity contribution in [2.45, 2.75) is 17.3 Å². The summed E-state index contributed by atoms with van der Waals surface area (Å²) in [5.41, 5.74) is 6.74. The van der Waals surface area contributed by atoms with Crippen LogP contribution in [0.5, 0.6) is 0 Å². The fourth-order valence-electron chi connectivity index (χ4n) is 2.00. The van der Waals surface area contributed by atoms with E-state index in [-0.39, 0.29) is 11.2 Å². The zero-order chi connectivity index (χ0) is 17.1. The SMILES string of the molecule is CC(Sc1ncn(-c2ccccc2)n1)c1nc(N)nc(N(C)C)n1. The number of para-hydroxylation sites is 1. The summed E-state index contributed by atoms with van der Waals surface area (Å²) in [5.74, 6) is 1.35. The molecule has 0 fully saturated rings. The Kier molecular flexibility index (Phi) is 4.61. The molecule has 124 valence electrons. The van der Waals surface area contributed by atoms with Gasteiger partial charge in [0.2, 0.25) is 17.1 Å². The third kappa shape index (κ3) is 3.62. The van der Waals surface area contributed by atoms with Gasteiger partial charge >= 0.3 is 0 Å². The highest BCUT2D eigenvalue weighted by atomic mass is 32.2. The van der Waals surface area contributed by atoms with Crippen molar-refractivity contribution in [3.05, 3.63) is 42.5 Å². The molecule has 9 heteroatoms. The number of hydrogen-bond acceptors (Lipinski definition) is 8. The van der Waals surface area contributed by atoms with Gasteiger partial charge in [0, 0.05) is 14.1 Å². The van der Waals surface area contributed by atoms with Crippen molar-refractivity contribution < 1.29 is 0 Å². The first-order valence-corrected chi connectivity index (χ1v) is 8.23. The van der Waals surface area contributed by atoms with Crippen LogP contribution in [0.25, 0.3) is 5.69 Å². The Hall–Kier alpha value is -2.68. The van der Waals surface area contributed by atoms with Crippen LogP contribution in [0.4, 0.5) is 11.9 Å². The minimum atomic E-state index is -0.0550. The predicted molar refractivity (Wildman–Crippen MR) is 94.2 cm³/mol. The Labute approximate surface area is 144 Å². The second-order valence-corrected chi connectivity index (χ2v) is 6.62. The first-order valence-electron chi connectivity index (χ1n) is 7.35. The van der Waals surface area contributed by atoms with Crippen molar-refractivity contribution >= 4 is 23.7 Å². The molecule has 24 heavy (non-hydrogen) atoms. The summed E-state index contributed by atoms with van der Waals surface area (Å²) in [6, 6.07) is 9.84. The van der Waals surface area contributed by atoms with Crippen LogP contribution in [0, 0.1) is 0 Å². The third-order valence-corrected chi connectivity index (χ3v) is 4.16. The smallest absolute Gasteiger partial charge is 0.229 e. The van der Waals surface area contributed by atoms with Crippen LogP contribution in [-0.4, -0.2) is 43.8 Å². The van der Waals surface area contributed by atoms with Gasteiger partial charge in [-0.05, 0) is 19.1 Å². The van der Waals surface area contributed by atoms with Crippen molar-refractivity contribution in [3.8, 4) is 5.69 Å². The number of nitrogens with zero attached hydrogens (tertiary/aromatic N) is 7. The molecule has 0 aliphatic rings. The van der Waals surface area contributed by atoms with Gasteiger partial charge in [-0.2, -0.15) is 15.0 Å². The molecule has 0 aliphatic carbocycles. The molecule has 3 aromatic rings. The number of hydrogen-bond donors (Lipinski definition) is 1. The number of nitrogen functional groups attached to an aromatic ring is 1. The molecule has 1 aromatic carbocycles. The van der Waals surface area contributed by atoms with E-state index in [2.05, 4.69) is 25.0 Å². The van der Waals surface area contributed by atoms with E-state index in [1.165, 1.54) is 11.8 Å². The Balaban J connectivity index is 1.78.